The summed E-state index contributed by atoms with van der Waals surface area (Å²) >= 11 is 0. The van der Waals surface area contributed by atoms with E-state index in [2.05, 4.69) is 0 Å². The van der Waals surface area contributed by atoms with Crippen molar-refractivity contribution in [2.75, 3.05) is 13.9 Å². The van der Waals surface area contributed by atoms with Crippen molar-refractivity contribution in [3.8, 4) is 11.5 Å². The third-order valence-corrected chi connectivity index (χ3v) is 4.00. The van der Waals surface area contributed by atoms with E-state index in [1.54, 1.807) is 0 Å². The third kappa shape index (κ3) is 3.49. The lowest BCUT2D eigenvalue weighted by Gasteiger charge is -2.31. The van der Waals surface area contributed by atoms with Crippen LogP contribution in [0.25, 0.3) is 0 Å². The van der Waals surface area contributed by atoms with Crippen LogP contribution in [0.3, 0.4) is 0 Å². The molecule has 1 aromatic carbocycles. The number of halogens is 1. The Kier molecular flexibility index (Phi) is 4.98. The molecule has 8 heteroatoms. The van der Waals surface area contributed by atoms with E-state index in [1.807, 2.05) is 27.7 Å². The molecule has 0 N–H and O–H groups in total. The van der Waals surface area contributed by atoms with Crippen LogP contribution in [0.4, 0.5) is 4.39 Å². The summed E-state index contributed by atoms with van der Waals surface area (Å²) < 4.78 is 41.1. The second kappa shape index (κ2) is 6.47. The first-order chi connectivity index (χ1) is 10.7. The Balaban J connectivity index is 2.27. The smallest absolute Gasteiger partial charge is 0.509 e. The second-order valence-corrected chi connectivity index (χ2v) is 6.13. The van der Waals surface area contributed by atoms with Gasteiger partial charge in [-0.1, -0.05) is 0 Å². The predicted octanol–water partition coefficient (Wildman–Crippen LogP) is 2.59. The second-order valence-electron chi connectivity index (χ2n) is 6.13. The van der Waals surface area contributed by atoms with Gasteiger partial charge >= 0.3 is 7.32 Å². The number of rotatable bonds is 6. The molecule has 0 radical (unpaired) electrons. The van der Waals surface area contributed by atoms with Crippen LogP contribution in [0.15, 0.2) is 12.1 Å². The van der Waals surface area contributed by atoms with Crippen LogP contribution >= 0.6 is 0 Å². The Morgan fingerprint density at radius 3 is 2.35 bits per heavy atom. The van der Waals surface area contributed by atoms with Crippen LogP contribution in [-0.4, -0.2) is 38.7 Å². The van der Waals surface area contributed by atoms with Crippen molar-refractivity contribution in [2.24, 2.45) is 0 Å². The zero-order valence-corrected chi connectivity index (χ0v) is 13.8. The average Bonchev–Trinajstić information content (AvgIpc) is 2.67. The maximum Gasteiger partial charge on any atom is 0.714 e. The monoisotopic (exact) mass is 326 g/mol. The molecule has 126 valence electrons. The van der Waals surface area contributed by atoms with Crippen molar-refractivity contribution >= 4 is 13.6 Å². The van der Waals surface area contributed by atoms with Gasteiger partial charge in [0.25, 0.3) is 0 Å². The number of aldehydes is 1. The summed E-state index contributed by atoms with van der Waals surface area (Å²) in [7, 11) is 0.283. The fraction of sp³-hybridized carbons (Fsp3) is 0.533. The topological polar surface area (TPSA) is 63.2 Å². The summed E-state index contributed by atoms with van der Waals surface area (Å²) in [5.74, 6) is -1.20. The normalized spacial score (nSPS) is 18.8. The fourth-order valence-electron chi connectivity index (χ4n) is 1.93. The summed E-state index contributed by atoms with van der Waals surface area (Å²) in [4.78, 5) is 11.1. The van der Waals surface area contributed by atoms with Crippen molar-refractivity contribution in [3.05, 3.63) is 23.5 Å². The van der Waals surface area contributed by atoms with Gasteiger partial charge in [-0.15, -0.1) is 0 Å². The number of methoxy groups -OCH3 is 1. The number of ether oxygens (including phenoxy) is 2. The molecule has 1 heterocycles. The van der Waals surface area contributed by atoms with E-state index in [0.29, 0.717) is 6.29 Å². The maximum absolute atomic E-state index is 14.5. The molecule has 1 aliphatic heterocycles. The molecular weight excluding hydrogens is 306 g/mol. The molecule has 0 aliphatic carbocycles. The third-order valence-electron chi connectivity index (χ3n) is 4.00. The first kappa shape index (κ1) is 17.7. The molecule has 0 spiro atoms. The van der Waals surface area contributed by atoms with Crippen molar-refractivity contribution in [3.63, 3.8) is 0 Å². The molecule has 2 rings (SSSR count). The van der Waals surface area contributed by atoms with E-state index < -0.39 is 24.3 Å². The van der Waals surface area contributed by atoms with Crippen LogP contribution in [0.5, 0.6) is 11.5 Å². The molecule has 0 atom stereocenters. The minimum atomic E-state index is -1.13. The van der Waals surface area contributed by atoms with Crippen LogP contribution in [0, 0.1) is 5.82 Å². The van der Waals surface area contributed by atoms with Gasteiger partial charge in [0.2, 0.25) is 5.82 Å². The molecule has 1 fully saturated rings. The van der Waals surface area contributed by atoms with Gasteiger partial charge in [-0.3, -0.25) is 4.79 Å². The van der Waals surface area contributed by atoms with E-state index in [9.17, 15) is 9.18 Å². The fourth-order valence-corrected chi connectivity index (χ4v) is 1.93. The lowest BCUT2D eigenvalue weighted by atomic mass is 9.90. The molecule has 1 aliphatic rings. The van der Waals surface area contributed by atoms with E-state index in [-0.39, 0.29) is 23.9 Å². The van der Waals surface area contributed by atoms with Gasteiger partial charge in [-0.25, -0.2) is 0 Å². The molecule has 0 amide bonds. The average molecular weight is 326 g/mol. The van der Waals surface area contributed by atoms with Gasteiger partial charge in [0.15, 0.2) is 24.6 Å². The molecule has 0 unspecified atom stereocenters. The summed E-state index contributed by atoms with van der Waals surface area (Å²) in [6.07, 6.45) is 0.490. The van der Waals surface area contributed by atoms with Crippen LogP contribution in [-0.2, 0) is 14.0 Å². The van der Waals surface area contributed by atoms with Gasteiger partial charge < -0.3 is 23.4 Å². The largest absolute Gasteiger partial charge is 0.714 e. The highest BCUT2D eigenvalue weighted by Crippen LogP contribution is 2.38. The van der Waals surface area contributed by atoms with Gasteiger partial charge in [-0.2, -0.15) is 4.39 Å². The first-order valence-electron chi connectivity index (χ1n) is 7.13. The molecule has 23 heavy (non-hydrogen) atoms. The zero-order chi connectivity index (χ0) is 17.3. The predicted molar refractivity (Wildman–Crippen MR) is 81.0 cm³/mol. The van der Waals surface area contributed by atoms with E-state index >= 15 is 0 Å². The van der Waals surface area contributed by atoms with E-state index in [4.69, 9.17) is 23.4 Å². The van der Waals surface area contributed by atoms with Crippen LogP contribution in [0.1, 0.15) is 38.1 Å². The molecule has 6 nitrogen and oxygen atoms in total. The molecule has 1 saturated heterocycles. The SMILES string of the molecule is COCOc1ccc(C=O)c(OB2OC(C)(C)C(C)(C)O2)c1F. The Bertz CT molecular complexity index is 574. The van der Waals surface area contributed by atoms with E-state index in [0.717, 1.165) is 0 Å². The van der Waals surface area contributed by atoms with Gasteiger partial charge in [-0.05, 0) is 39.8 Å². The maximum atomic E-state index is 14.5. The van der Waals surface area contributed by atoms with Gasteiger partial charge in [0.1, 0.15) is 0 Å². The van der Waals surface area contributed by atoms with E-state index in [1.165, 1.54) is 19.2 Å². The highest BCUT2D eigenvalue weighted by Gasteiger charge is 2.54. The summed E-state index contributed by atoms with van der Waals surface area (Å²) in [5.41, 5.74) is -1.25. The molecule has 1 aromatic rings. The van der Waals surface area contributed by atoms with Crippen molar-refractivity contribution in [1.29, 1.82) is 0 Å². The highest BCUT2D eigenvalue weighted by molar-refractivity contribution is 6.38. The summed E-state index contributed by atoms with van der Waals surface area (Å²) in [6, 6.07) is 2.72. The van der Waals surface area contributed by atoms with Crippen LogP contribution < -0.4 is 9.39 Å². The van der Waals surface area contributed by atoms with Crippen molar-refractivity contribution in [2.45, 2.75) is 38.9 Å². The molecule has 0 bridgehead atoms. The standard InChI is InChI=1S/C15H20BFO6/c1-14(2)15(3,4)23-16(22-14)21-13-10(8-18)6-7-11(12(13)17)20-9-19-5/h6-8H,9H2,1-5H3. The molecule has 0 aromatic heterocycles. The zero-order valence-electron chi connectivity index (χ0n) is 13.8. The number of hydrogen-bond acceptors (Lipinski definition) is 6. The quantitative estimate of drug-likeness (QED) is 0.455. The van der Waals surface area contributed by atoms with Crippen molar-refractivity contribution in [1.82, 2.24) is 0 Å². The lowest BCUT2D eigenvalue weighted by molar-refractivity contribution is 0.00578. The molecular formula is C15H20BFO6. The van der Waals surface area contributed by atoms with Crippen LogP contribution in [0.2, 0.25) is 0 Å². The minimum Gasteiger partial charge on any atom is -0.509 e. The molecule has 0 saturated carbocycles. The summed E-state index contributed by atoms with van der Waals surface area (Å²) in [6.45, 7) is 7.22. The first-order valence-corrected chi connectivity index (χ1v) is 7.13. The Morgan fingerprint density at radius 2 is 1.83 bits per heavy atom. The Hall–Kier alpha value is -1.64. The van der Waals surface area contributed by atoms with Gasteiger partial charge in [0, 0.05) is 7.11 Å². The number of hydrogen-bond donors (Lipinski definition) is 0. The summed E-state index contributed by atoms with van der Waals surface area (Å²) in [5, 5.41) is 0. The Labute approximate surface area is 135 Å². The van der Waals surface area contributed by atoms with Crippen molar-refractivity contribution < 1.29 is 32.6 Å². The number of carbonyl (C=O) groups is 1. The van der Waals surface area contributed by atoms with Gasteiger partial charge in [0.05, 0.1) is 16.8 Å². The minimum absolute atomic E-state index is 0.0296. The number of carbonyl (C=O) groups excluding carboxylic acids is 1. The number of benzene rings is 1. The Morgan fingerprint density at radius 1 is 1.22 bits per heavy atom. The highest BCUT2D eigenvalue weighted by atomic mass is 19.1. The lowest BCUT2D eigenvalue weighted by Crippen LogP contribution is -2.41.